The molecule has 2 atom stereocenters. The highest BCUT2D eigenvalue weighted by atomic mass is 19.1. The molecule has 2 heterocycles. The minimum absolute atomic E-state index is 0.147. The maximum Gasteiger partial charge on any atom is 0.408 e. The molecule has 53 heavy (non-hydrogen) atoms. The van der Waals surface area contributed by atoms with Crippen LogP contribution in [-0.2, 0) is 25.6 Å². The average molecular weight is 737 g/mol. The molecular weight excluding hydrogens is 690 g/mol. The number of carbonyl (C=O) groups is 5. The summed E-state index contributed by atoms with van der Waals surface area (Å²) in [5.74, 6) is -3.96. The monoisotopic (exact) mass is 736 g/mol. The molecule has 2 aromatic carbocycles. The molecular formula is C38H46F2N6O7. The minimum atomic E-state index is -1.40. The number of rotatable bonds is 14. The fourth-order valence-electron chi connectivity index (χ4n) is 6.49. The van der Waals surface area contributed by atoms with Crippen molar-refractivity contribution in [3.05, 3.63) is 95.3 Å². The van der Waals surface area contributed by atoms with Crippen molar-refractivity contribution in [3.63, 3.8) is 0 Å². The van der Waals surface area contributed by atoms with Crippen LogP contribution in [0.4, 0.5) is 13.6 Å². The standard InChI is InChI=1S/C38H46F2N6O7/c1-37(2,3)34(33-25(20-24-10-8-7-9-11-24)22-45(42-33)29-21-26(39)12-13-27(29)40)44(32(50)23-47)18-16-28(46(36(52)53)38(4,5)6)35(51)41-17-19-43-30(48)14-15-31(43)49/h7-15,21-22,28,34,47H,16-20,23H2,1-6H3,(H,41,51)(H,52,53). The van der Waals surface area contributed by atoms with Crippen LogP contribution in [0.2, 0.25) is 0 Å². The Bertz CT molecular complexity index is 1850. The van der Waals surface area contributed by atoms with Gasteiger partial charge in [0, 0.05) is 61.6 Å². The Hall–Kier alpha value is -5.44. The van der Waals surface area contributed by atoms with E-state index in [0.717, 1.165) is 45.7 Å². The largest absolute Gasteiger partial charge is 0.465 e. The van der Waals surface area contributed by atoms with Gasteiger partial charge in [0.2, 0.25) is 11.8 Å². The van der Waals surface area contributed by atoms with Gasteiger partial charge in [0.15, 0.2) is 0 Å². The van der Waals surface area contributed by atoms with Crippen molar-refractivity contribution >= 4 is 29.7 Å². The minimum Gasteiger partial charge on any atom is -0.465 e. The van der Waals surface area contributed by atoms with E-state index in [2.05, 4.69) is 5.32 Å². The summed E-state index contributed by atoms with van der Waals surface area (Å²) in [6.45, 7) is 8.86. The zero-order chi connectivity index (χ0) is 39.2. The number of halogens is 2. The van der Waals surface area contributed by atoms with E-state index >= 15 is 4.39 Å². The van der Waals surface area contributed by atoms with Crippen molar-refractivity contribution < 1.29 is 43.0 Å². The molecule has 5 amide bonds. The summed E-state index contributed by atoms with van der Waals surface area (Å²) < 4.78 is 30.6. The third-order valence-corrected chi connectivity index (χ3v) is 8.78. The Labute approximate surface area is 306 Å². The van der Waals surface area contributed by atoms with Crippen LogP contribution in [0.5, 0.6) is 0 Å². The Morgan fingerprint density at radius 2 is 1.60 bits per heavy atom. The number of nitrogens with zero attached hydrogens (tertiary/aromatic N) is 5. The van der Waals surface area contributed by atoms with Gasteiger partial charge in [-0.2, -0.15) is 5.10 Å². The highest BCUT2D eigenvalue weighted by molar-refractivity contribution is 6.12. The molecule has 0 spiro atoms. The normalized spacial score (nSPS) is 14.3. The molecule has 0 saturated heterocycles. The Morgan fingerprint density at radius 3 is 2.17 bits per heavy atom. The first-order valence-electron chi connectivity index (χ1n) is 17.1. The van der Waals surface area contributed by atoms with E-state index in [4.69, 9.17) is 5.10 Å². The Kier molecular flexibility index (Phi) is 12.5. The lowest BCUT2D eigenvalue weighted by Crippen LogP contribution is -2.58. The summed E-state index contributed by atoms with van der Waals surface area (Å²) in [7, 11) is 0. The molecule has 0 radical (unpaired) electrons. The average Bonchev–Trinajstić information content (AvgIpc) is 3.63. The van der Waals surface area contributed by atoms with Crippen molar-refractivity contribution in [2.45, 2.75) is 72.0 Å². The van der Waals surface area contributed by atoms with Crippen LogP contribution in [0.15, 0.2) is 66.9 Å². The predicted octanol–water partition coefficient (Wildman–Crippen LogP) is 4.23. The second-order valence-electron chi connectivity index (χ2n) is 14.8. The molecule has 13 nitrogen and oxygen atoms in total. The number of aliphatic hydroxyl groups is 1. The summed E-state index contributed by atoms with van der Waals surface area (Å²) in [5, 5.41) is 27.9. The zero-order valence-corrected chi connectivity index (χ0v) is 30.7. The van der Waals surface area contributed by atoms with Crippen molar-refractivity contribution in [2.24, 2.45) is 5.41 Å². The molecule has 3 aromatic rings. The molecule has 0 aliphatic carbocycles. The smallest absolute Gasteiger partial charge is 0.408 e. The molecule has 4 rings (SSSR count). The predicted molar refractivity (Wildman–Crippen MR) is 191 cm³/mol. The number of imide groups is 1. The maximum atomic E-state index is 15.1. The molecule has 15 heteroatoms. The number of nitrogens with one attached hydrogen (secondary N) is 1. The lowest BCUT2D eigenvalue weighted by atomic mass is 9.81. The summed E-state index contributed by atoms with van der Waals surface area (Å²) in [6, 6.07) is 10.00. The van der Waals surface area contributed by atoms with E-state index in [-0.39, 0.29) is 31.7 Å². The number of amides is 5. The van der Waals surface area contributed by atoms with Gasteiger partial charge < -0.3 is 20.4 Å². The number of hydrogen-bond donors (Lipinski definition) is 3. The third-order valence-electron chi connectivity index (χ3n) is 8.78. The zero-order valence-electron chi connectivity index (χ0n) is 30.7. The number of aliphatic hydroxyl groups excluding tert-OH is 1. The van der Waals surface area contributed by atoms with Crippen LogP contribution in [0.3, 0.4) is 0 Å². The maximum absolute atomic E-state index is 15.1. The Balaban J connectivity index is 1.76. The molecule has 284 valence electrons. The van der Waals surface area contributed by atoms with Crippen molar-refractivity contribution in [3.8, 4) is 5.69 Å². The van der Waals surface area contributed by atoms with E-state index in [0.29, 0.717) is 17.7 Å². The Morgan fingerprint density at radius 1 is 0.962 bits per heavy atom. The van der Waals surface area contributed by atoms with Crippen molar-refractivity contribution in [1.82, 2.24) is 29.8 Å². The first-order valence-corrected chi connectivity index (χ1v) is 17.1. The summed E-state index contributed by atoms with van der Waals surface area (Å²) >= 11 is 0. The fraction of sp³-hybridized carbons (Fsp3) is 0.421. The van der Waals surface area contributed by atoms with Gasteiger partial charge in [-0.15, -0.1) is 0 Å². The number of carboxylic acid groups (broad SMARTS) is 1. The van der Waals surface area contributed by atoms with Crippen molar-refractivity contribution in [2.75, 3.05) is 26.2 Å². The van der Waals surface area contributed by atoms with Crippen molar-refractivity contribution in [1.29, 1.82) is 0 Å². The van der Waals surface area contributed by atoms with E-state index in [1.54, 1.807) is 27.0 Å². The second-order valence-corrected chi connectivity index (χ2v) is 14.8. The lowest BCUT2D eigenvalue weighted by Gasteiger charge is -2.42. The molecule has 0 fully saturated rings. The number of benzene rings is 2. The van der Waals surface area contributed by atoms with Crippen LogP contribution in [-0.4, -0.2) is 102 Å². The molecule has 1 aliphatic heterocycles. The topological polar surface area (TPSA) is 165 Å². The molecule has 0 saturated carbocycles. The van der Waals surface area contributed by atoms with Gasteiger partial charge in [-0.05, 0) is 50.3 Å². The van der Waals surface area contributed by atoms with Gasteiger partial charge in [-0.1, -0.05) is 51.1 Å². The first-order chi connectivity index (χ1) is 24.8. The fourth-order valence-corrected chi connectivity index (χ4v) is 6.49. The van der Waals surface area contributed by atoms with Crippen LogP contribution in [0.25, 0.3) is 5.69 Å². The molecule has 1 aliphatic rings. The molecule has 3 N–H and O–H groups in total. The third kappa shape index (κ3) is 9.71. The van der Waals surface area contributed by atoms with Gasteiger partial charge in [0.1, 0.15) is 30.0 Å². The highest BCUT2D eigenvalue weighted by Gasteiger charge is 2.42. The van der Waals surface area contributed by atoms with Gasteiger partial charge in [-0.3, -0.25) is 29.0 Å². The van der Waals surface area contributed by atoms with Gasteiger partial charge in [0.25, 0.3) is 11.8 Å². The van der Waals surface area contributed by atoms with Gasteiger partial charge in [-0.25, -0.2) is 18.3 Å². The molecule has 2 unspecified atom stereocenters. The van der Waals surface area contributed by atoms with Crippen LogP contribution >= 0.6 is 0 Å². The highest BCUT2D eigenvalue weighted by Crippen LogP contribution is 2.40. The van der Waals surface area contributed by atoms with E-state index < -0.39 is 71.0 Å². The number of hydrogen-bond acceptors (Lipinski definition) is 7. The van der Waals surface area contributed by atoms with E-state index in [9.17, 15) is 38.6 Å². The number of carbonyl (C=O) groups excluding carboxylic acids is 4. The second kappa shape index (κ2) is 16.5. The van der Waals surface area contributed by atoms with Crippen LogP contribution in [0.1, 0.15) is 70.8 Å². The van der Waals surface area contributed by atoms with Gasteiger partial charge >= 0.3 is 6.09 Å². The van der Waals surface area contributed by atoms with E-state index in [1.807, 2.05) is 51.1 Å². The summed E-state index contributed by atoms with van der Waals surface area (Å²) in [5.41, 5.74) is -0.296. The summed E-state index contributed by atoms with van der Waals surface area (Å²) in [4.78, 5) is 67.4. The SMILES string of the molecule is CC(C)(C)C(c1nn(-c2cc(F)ccc2F)cc1Cc1ccccc1)N(CCC(C(=O)NCCN1C(=O)C=CC1=O)N(C(=O)O)C(C)(C)C)C(=O)CO. The lowest BCUT2D eigenvalue weighted by molar-refractivity contribution is -0.140. The van der Waals surface area contributed by atoms with Gasteiger partial charge in [0.05, 0.1) is 11.7 Å². The van der Waals surface area contributed by atoms with E-state index in [1.165, 1.54) is 9.58 Å². The summed E-state index contributed by atoms with van der Waals surface area (Å²) in [6.07, 6.45) is 2.44. The first kappa shape index (κ1) is 40.3. The quantitative estimate of drug-likeness (QED) is 0.207. The van der Waals surface area contributed by atoms with Crippen LogP contribution < -0.4 is 5.32 Å². The van der Waals surface area contributed by atoms with Crippen LogP contribution in [0, 0.1) is 17.0 Å². The molecule has 1 aromatic heterocycles. The number of aromatic nitrogens is 2. The molecule has 0 bridgehead atoms.